The van der Waals surface area contributed by atoms with Crippen molar-refractivity contribution in [3.63, 3.8) is 0 Å². The number of carbonyl (C=O) groups is 1. The van der Waals surface area contributed by atoms with Gasteiger partial charge in [-0.1, -0.05) is 24.6 Å². The third kappa shape index (κ3) is 2.02. The molecule has 1 aromatic carbocycles. The number of aliphatic carboxylic acids is 1. The van der Waals surface area contributed by atoms with Gasteiger partial charge in [0, 0.05) is 11.0 Å². The lowest BCUT2D eigenvalue weighted by molar-refractivity contribution is -0.139. The van der Waals surface area contributed by atoms with Crippen LogP contribution in [0.25, 0.3) is 0 Å². The highest BCUT2D eigenvalue weighted by Gasteiger charge is 2.42. The zero-order chi connectivity index (χ0) is 12.5. The van der Waals surface area contributed by atoms with Crippen LogP contribution in [0.15, 0.2) is 18.2 Å². The monoisotopic (exact) mass is 234 g/mol. The number of aryl methyl sites for hydroxylation is 1. The van der Waals surface area contributed by atoms with E-state index in [1.807, 2.05) is 25.1 Å². The molecule has 0 spiro atoms. The molecule has 1 saturated carbocycles. The van der Waals surface area contributed by atoms with Crippen molar-refractivity contribution in [1.82, 2.24) is 0 Å². The predicted octanol–water partition coefficient (Wildman–Crippen LogP) is 2.90. The first-order valence-corrected chi connectivity index (χ1v) is 5.95. The van der Waals surface area contributed by atoms with Crippen molar-refractivity contribution in [2.24, 2.45) is 0 Å². The van der Waals surface area contributed by atoms with E-state index in [-0.39, 0.29) is 11.8 Å². The molecule has 0 atom stereocenters. The highest BCUT2D eigenvalue weighted by molar-refractivity contribution is 5.70. The van der Waals surface area contributed by atoms with Crippen molar-refractivity contribution in [2.75, 3.05) is 7.11 Å². The minimum absolute atomic E-state index is 0.201. The van der Waals surface area contributed by atoms with E-state index in [4.69, 9.17) is 9.84 Å². The van der Waals surface area contributed by atoms with Crippen molar-refractivity contribution in [3.8, 4) is 5.75 Å². The minimum Gasteiger partial charge on any atom is -0.496 e. The van der Waals surface area contributed by atoms with Crippen LogP contribution < -0.4 is 4.74 Å². The van der Waals surface area contributed by atoms with Gasteiger partial charge in [0.05, 0.1) is 13.5 Å². The Kier molecular flexibility index (Phi) is 3.09. The molecule has 1 N–H and O–H groups in total. The third-order valence-electron chi connectivity index (χ3n) is 3.79. The maximum atomic E-state index is 11.0. The summed E-state index contributed by atoms with van der Waals surface area (Å²) < 4.78 is 5.45. The van der Waals surface area contributed by atoms with E-state index in [1.165, 1.54) is 0 Å². The lowest BCUT2D eigenvalue weighted by Crippen LogP contribution is -2.37. The second-order valence-corrected chi connectivity index (χ2v) is 4.86. The normalized spacial score (nSPS) is 17.3. The molecule has 0 heterocycles. The van der Waals surface area contributed by atoms with Crippen molar-refractivity contribution < 1.29 is 14.6 Å². The van der Waals surface area contributed by atoms with Crippen LogP contribution in [-0.4, -0.2) is 18.2 Å². The predicted molar refractivity (Wildman–Crippen MR) is 65.5 cm³/mol. The number of carboxylic acid groups (broad SMARTS) is 1. The Morgan fingerprint density at radius 3 is 2.65 bits per heavy atom. The molecule has 0 radical (unpaired) electrons. The number of para-hydroxylation sites is 1. The maximum Gasteiger partial charge on any atom is 0.304 e. The molecule has 1 aliphatic carbocycles. The molecule has 0 bridgehead atoms. The fourth-order valence-electron chi connectivity index (χ4n) is 2.78. The summed E-state index contributed by atoms with van der Waals surface area (Å²) in [6.45, 7) is 2.00. The Morgan fingerprint density at radius 2 is 2.18 bits per heavy atom. The van der Waals surface area contributed by atoms with E-state index in [2.05, 4.69) is 0 Å². The third-order valence-corrected chi connectivity index (χ3v) is 3.79. The maximum absolute atomic E-state index is 11.0. The summed E-state index contributed by atoms with van der Waals surface area (Å²) >= 11 is 0. The van der Waals surface area contributed by atoms with Gasteiger partial charge >= 0.3 is 5.97 Å². The van der Waals surface area contributed by atoms with Crippen molar-refractivity contribution in [3.05, 3.63) is 29.3 Å². The number of methoxy groups -OCH3 is 1. The Hall–Kier alpha value is -1.51. The van der Waals surface area contributed by atoms with Crippen LogP contribution in [0.2, 0.25) is 0 Å². The zero-order valence-electron chi connectivity index (χ0n) is 10.3. The van der Waals surface area contributed by atoms with Gasteiger partial charge in [0.15, 0.2) is 0 Å². The van der Waals surface area contributed by atoms with Gasteiger partial charge in [-0.15, -0.1) is 0 Å². The van der Waals surface area contributed by atoms with Gasteiger partial charge in [0.2, 0.25) is 0 Å². The molecule has 0 aliphatic heterocycles. The second-order valence-electron chi connectivity index (χ2n) is 4.86. The first-order valence-electron chi connectivity index (χ1n) is 5.95. The molecular formula is C14H18O3. The highest BCUT2D eigenvalue weighted by Crippen LogP contribution is 2.50. The van der Waals surface area contributed by atoms with E-state index >= 15 is 0 Å². The first kappa shape index (κ1) is 12.0. The molecule has 3 heteroatoms. The first-order chi connectivity index (χ1) is 8.09. The molecule has 0 unspecified atom stereocenters. The smallest absolute Gasteiger partial charge is 0.304 e. The van der Waals surface area contributed by atoms with E-state index in [0.29, 0.717) is 0 Å². The number of ether oxygens (including phenoxy) is 1. The number of benzene rings is 1. The van der Waals surface area contributed by atoms with Crippen molar-refractivity contribution in [1.29, 1.82) is 0 Å². The van der Waals surface area contributed by atoms with Gasteiger partial charge < -0.3 is 9.84 Å². The van der Waals surface area contributed by atoms with Gasteiger partial charge in [0.25, 0.3) is 0 Å². The number of hydrogen-bond donors (Lipinski definition) is 1. The lowest BCUT2D eigenvalue weighted by Gasteiger charge is -2.42. The van der Waals surface area contributed by atoms with Crippen molar-refractivity contribution >= 4 is 5.97 Å². The Morgan fingerprint density at radius 1 is 1.47 bits per heavy atom. The van der Waals surface area contributed by atoms with Gasteiger partial charge in [0.1, 0.15) is 5.75 Å². The van der Waals surface area contributed by atoms with Gasteiger partial charge in [-0.25, -0.2) is 0 Å². The lowest BCUT2D eigenvalue weighted by atomic mass is 9.62. The number of carboxylic acids is 1. The van der Waals surface area contributed by atoms with Crippen LogP contribution in [0, 0.1) is 6.92 Å². The molecule has 92 valence electrons. The largest absolute Gasteiger partial charge is 0.496 e. The molecule has 3 nitrogen and oxygen atoms in total. The van der Waals surface area contributed by atoms with Crippen LogP contribution in [0.3, 0.4) is 0 Å². The van der Waals surface area contributed by atoms with Crippen molar-refractivity contribution in [2.45, 2.75) is 38.0 Å². The Labute approximate surface area is 101 Å². The van der Waals surface area contributed by atoms with E-state index in [1.54, 1.807) is 7.11 Å². The highest BCUT2D eigenvalue weighted by atomic mass is 16.5. The van der Waals surface area contributed by atoms with Crippen LogP contribution in [0.1, 0.15) is 36.8 Å². The Balaban J connectivity index is 2.44. The molecule has 0 aromatic heterocycles. The molecule has 0 amide bonds. The molecule has 0 saturated heterocycles. The van der Waals surface area contributed by atoms with E-state index in [0.717, 1.165) is 36.1 Å². The molecular weight excluding hydrogens is 216 g/mol. The zero-order valence-corrected chi connectivity index (χ0v) is 10.3. The Bertz CT molecular complexity index is 433. The molecule has 1 fully saturated rings. The standard InChI is InChI=1S/C14H18O3/c1-10-5-3-6-11(13(10)17-2)14(7-4-8-14)9-12(15)16/h3,5-6H,4,7-9H2,1-2H3,(H,15,16). The summed E-state index contributed by atoms with van der Waals surface area (Å²) in [6, 6.07) is 5.98. The topological polar surface area (TPSA) is 46.5 Å². The van der Waals surface area contributed by atoms with E-state index in [9.17, 15) is 4.79 Å². The fourth-order valence-corrected chi connectivity index (χ4v) is 2.78. The summed E-state index contributed by atoms with van der Waals surface area (Å²) in [4.78, 5) is 11.0. The van der Waals surface area contributed by atoms with E-state index < -0.39 is 5.97 Å². The molecule has 1 aromatic rings. The molecule has 1 aliphatic rings. The summed E-state index contributed by atoms with van der Waals surface area (Å²) in [5, 5.41) is 9.07. The van der Waals surface area contributed by atoms with Crippen LogP contribution in [-0.2, 0) is 10.2 Å². The number of rotatable bonds is 4. The van der Waals surface area contributed by atoms with Gasteiger partial charge in [-0.3, -0.25) is 4.79 Å². The minimum atomic E-state index is -0.728. The summed E-state index contributed by atoms with van der Waals surface area (Å²) in [7, 11) is 1.65. The average Bonchev–Trinajstić information content (AvgIpc) is 2.23. The molecule has 17 heavy (non-hydrogen) atoms. The summed E-state index contributed by atoms with van der Waals surface area (Å²) in [5.41, 5.74) is 1.93. The van der Waals surface area contributed by atoms with Crippen LogP contribution in [0.5, 0.6) is 5.75 Å². The average molecular weight is 234 g/mol. The quantitative estimate of drug-likeness (QED) is 0.871. The SMILES string of the molecule is COc1c(C)cccc1C1(CC(=O)O)CCC1. The summed E-state index contributed by atoms with van der Waals surface area (Å²) in [6.07, 6.45) is 3.19. The van der Waals surface area contributed by atoms with Crippen LogP contribution >= 0.6 is 0 Å². The number of hydrogen-bond acceptors (Lipinski definition) is 2. The van der Waals surface area contributed by atoms with Crippen LogP contribution in [0.4, 0.5) is 0 Å². The fraction of sp³-hybridized carbons (Fsp3) is 0.500. The molecule has 2 rings (SSSR count). The van der Waals surface area contributed by atoms with Gasteiger partial charge in [-0.05, 0) is 25.3 Å². The summed E-state index contributed by atoms with van der Waals surface area (Å²) in [5.74, 6) is 0.127. The van der Waals surface area contributed by atoms with Gasteiger partial charge in [-0.2, -0.15) is 0 Å². The second kappa shape index (κ2) is 4.40.